The Morgan fingerprint density at radius 3 is 2.88 bits per heavy atom. The summed E-state index contributed by atoms with van der Waals surface area (Å²) in [7, 11) is 0. The van der Waals surface area contributed by atoms with E-state index in [0.717, 1.165) is 0 Å². The minimum Gasteiger partial charge on any atom is -0.382 e. The van der Waals surface area contributed by atoms with E-state index in [1.807, 2.05) is 0 Å². The zero-order chi connectivity index (χ0) is 11.7. The topological polar surface area (TPSA) is 102 Å². The SMILES string of the molecule is NC(=O)C1CC(=O)N(c2cccnc2N)C1. The van der Waals surface area contributed by atoms with Gasteiger partial charge >= 0.3 is 0 Å². The molecule has 0 aliphatic carbocycles. The highest BCUT2D eigenvalue weighted by Gasteiger charge is 2.34. The third-order valence-corrected chi connectivity index (χ3v) is 2.63. The van der Waals surface area contributed by atoms with Crippen LogP contribution in [0.15, 0.2) is 18.3 Å². The lowest BCUT2D eigenvalue weighted by Crippen LogP contribution is -2.29. The average Bonchev–Trinajstić information content (AvgIpc) is 2.61. The van der Waals surface area contributed by atoms with Crippen LogP contribution in [-0.2, 0) is 9.59 Å². The number of nitrogen functional groups attached to an aromatic ring is 1. The van der Waals surface area contributed by atoms with E-state index in [-0.39, 0.29) is 24.7 Å². The Balaban J connectivity index is 2.27. The third-order valence-electron chi connectivity index (χ3n) is 2.63. The van der Waals surface area contributed by atoms with Crippen LogP contribution >= 0.6 is 0 Å². The summed E-state index contributed by atoms with van der Waals surface area (Å²) >= 11 is 0. The molecular formula is C10H12N4O2. The largest absolute Gasteiger partial charge is 0.382 e. The van der Waals surface area contributed by atoms with E-state index < -0.39 is 11.8 Å². The number of hydrogen-bond donors (Lipinski definition) is 2. The molecule has 4 N–H and O–H groups in total. The van der Waals surface area contributed by atoms with Crippen molar-refractivity contribution >= 4 is 23.3 Å². The van der Waals surface area contributed by atoms with Crippen LogP contribution in [0.2, 0.25) is 0 Å². The number of hydrogen-bond acceptors (Lipinski definition) is 4. The molecule has 2 heterocycles. The van der Waals surface area contributed by atoms with Gasteiger partial charge in [0, 0.05) is 19.2 Å². The van der Waals surface area contributed by atoms with Crippen molar-refractivity contribution in [2.75, 3.05) is 17.2 Å². The molecular weight excluding hydrogens is 208 g/mol. The van der Waals surface area contributed by atoms with E-state index in [1.165, 1.54) is 4.90 Å². The molecule has 0 aromatic carbocycles. The molecule has 1 fully saturated rings. The first-order valence-electron chi connectivity index (χ1n) is 4.89. The van der Waals surface area contributed by atoms with Crippen molar-refractivity contribution in [3.63, 3.8) is 0 Å². The Morgan fingerprint density at radius 2 is 2.31 bits per heavy atom. The zero-order valence-electron chi connectivity index (χ0n) is 8.59. The fraction of sp³-hybridized carbons (Fsp3) is 0.300. The van der Waals surface area contributed by atoms with Crippen LogP contribution in [0.3, 0.4) is 0 Å². The maximum Gasteiger partial charge on any atom is 0.227 e. The molecule has 1 saturated heterocycles. The second-order valence-corrected chi connectivity index (χ2v) is 3.72. The molecule has 1 aliphatic rings. The second-order valence-electron chi connectivity index (χ2n) is 3.72. The number of aromatic nitrogens is 1. The number of carbonyl (C=O) groups excluding carboxylic acids is 2. The van der Waals surface area contributed by atoms with Gasteiger partial charge in [-0.1, -0.05) is 0 Å². The van der Waals surface area contributed by atoms with Crippen LogP contribution in [0.5, 0.6) is 0 Å². The summed E-state index contributed by atoms with van der Waals surface area (Å²) in [6, 6.07) is 3.39. The summed E-state index contributed by atoms with van der Waals surface area (Å²) in [5.74, 6) is -0.769. The summed E-state index contributed by atoms with van der Waals surface area (Å²) < 4.78 is 0. The Bertz CT molecular complexity index is 446. The highest BCUT2D eigenvalue weighted by atomic mass is 16.2. The number of rotatable bonds is 2. The Morgan fingerprint density at radius 1 is 1.56 bits per heavy atom. The Hall–Kier alpha value is -2.11. The Kier molecular flexibility index (Phi) is 2.47. The lowest BCUT2D eigenvalue weighted by Gasteiger charge is -2.17. The van der Waals surface area contributed by atoms with Gasteiger partial charge in [0.1, 0.15) is 5.82 Å². The number of amides is 2. The van der Waals surface area contributed by atoms with Gasteiger partial charge in [0.15, 0.2) is 0 Å². The van der Waals surface area contributed by atoms with E-state index in [4.69, 9.17) is 11.5 Å². The molecule has 16 heavy (non-hydrogen) atoms. The van der Waals surface area contributed by atoms with Crippen molar-refractivity contribution in [1.82, 2.24) is 4.98 Å². The van der Waals surface area contributed by atoms with Gasteiger partial charge in [0.05, 0.1) is 11.6 Å². The Labute approximate surface area is 92.2 Å². The molecule has 1 unspecified atom stereocenters. The molecule has 1 aromatic heterocycles. The van der Waals surface area contributed by atoms with Crippen molar-refractivity contribution in [2.24, 2.45) is 11.7 Å². The standard InChI is InChI=1S/C10H12N4O2/c11-9-7(2-1-3-13-9)14-5-6(10(12)16)4-8(14)15/h1-3,6H,4-5H2,(H2,11,13)(H2,12,16). The van der Waals surface area contributed by atoms with E-state index >= 15 is 0 Å². The number of primary amides is 1. The van der Waals surface area contributed by atoms with E-state index in [2.05, 4.69) is 4.98 Å². The molecule has 84 valence electrons. The lowest BCUT2D eigenvalue weighted by molar-refractivity contribution is -0.123. The maximum atomic E-state index is 11.7. The first kappa shape index (κ1) is 10.4. The zero-order valence-corrected chi connectivity index (χ0v) is 8.59. The highest BCUT2D eigenvalue weighted by molar-refractivity contribution is 6.01. The van der Waals surface area contributed by atoms with Crippen LogP contribution in [0.4, 0.5) is 11.5 Å². The van der Waals surface area contributed by atoms with Crippen LogP contribution in [0.25, 0.3) is 0 Å². The molecule has 0 saturated carbocycles. The molecule has 2 amide bonds. The summed E-state index contributed by atoms with van der Waals surface area (Å²) in [5, 5.41) is 0. The summed E-state index contributed by atoms with van der Waals surface area (Å²) in [5.41, 5.74) is 11.4. The summed E-state index contributed by atoms with van der Waals surface area (Å²) in [6.45, 7) is 0.282. The van der Waals surface area contributed by atoms with Crippen molar-refractivity contribution < 1.29 is 9.59 Å². The minimum absolute atomic E-state index is 0.143. The van der Waals surface area contributed by atoms with Gasteiger partial charge in [0.25, 0.3) is 0 Å². The van der Waals surface area contributed by atoms with Gasteiger partial charge in [0.2, 0.25) is 11.8 Å². The van der Waals surface area contributed by atoms with Gasteiger partial charge in [-0.3, -0.25) is 9.59 Å². The van der Waals surface area contributed by atoms with Crippen LogP contribution in [0.1, 0.15) is 6.42 Å². The van der Waals surface area contributed by atoms with E-state index in [0.29, 0.717) is 5.69 Å². The molecule has 0 radical (unpaired) electrons. The normalized spacial score (nSPS) is 20.1. The van der Waals surface area contributed by atoms with Crippen molar-refractivity contribution in [2.45, 2.75) is 6.42 Å². The molecule has 1 aromatic rings. The molecule has 1 atom stereocenters. The number of nitrogens with zero attached hydrogens (tertiary/aromatic N) is 2. The van der Waals surface area contributed by atoms with Crippen LogP contribution < -0.4 is 16.4 Å². The number of nitrogens with two attached hydrogens (primary N) is 2. The van der Waals surface area contributed by atoms with Crippen molar-refractivity contribution in [1.29, 1.82) is 0 Å². The highest BCUT2D eigenvalue weighted by Crippen LogP contribution is 2.27. The summed E-state index contributed by atoms with van der Waals surface area (Å²) in [6.07, 6.45) is 1.69. The van der Waals surface area contributed by atoms with Crippen molar-refractivity contribution in [3.05, 3.63) is 18.3 Å². The molecule has 6 heteroatoms. The van der Waals surface area contributed by atoms with Crippen LogP contribution in [-0.4, -0.2) is 23.3 Å². The van der Waals surface area contributed by atoms with Crippen molar-refractivity contribution in [3.8, 4) is 0 Å². The minimum atomic E-state index is -0.460. The fourth-order valence-electron chi connectivity index (χ4n) is 1.77. The van der Waals surface area contributed by atoms with Gasteiger partial charge in [-0.15, -0.1) is 0 Å². The number of pyridine rings is 1. The first-order chi connectivity index (χ1) is 7.59. The predicted octanol–water partition coefficient (Wildman–Crippen LogP) is -0.498. The summed E-state index contributed by atoms with van der Waals surface area (Å²) in [4.78, 5) is 28.0. The molecule has 0 bridgehead atoms. The van der Waals surface area contributed by atoms with E-state index in [9.17, 15) is 9.59 Å². The third kappa shape index (κ3) is 1.69. The fourth-order valence-corrected chi connectivity index (χ4v) is 1.77. The lowest BCUT2D eigenvalue weighted by atomic mass is 10.1. The maximum absolute atomic E-state index is 11.7. The first-order valence-corrected chi connectivity index (χ1v) is 4.89. The van der Waals surface area contributed by atoms with E-state index in [1.54, 1.807) is 18.3 Å². The molecule has 6 nitrogen and oxygen atoms in total. The smallest absolute Gasteiger partial charge is 0.227 e. The second kappa shape index (κ2) is 3.80. The molecule has 2 rings (SSSR count). The quantitative estimate of drug-likeness (QED) is 0.701. The van der Waals surface area contributed by atoms with Gasteiger partial charge < -0.3 is 16.4 Å². The average molecular weight is 220 g/mol. The van der Waals surface area contributed by atoms with Gasteiger partial charge in [-0.25, -0.2) is 4.98 Å². The monoisotopic (exact) mass is 220 g/mol. The number of carbonyl (C=O) groups is 2. The molecule has 1 aliphatic heterocycles. The van der Waals surface area contributed by atoms with Gasteiger partial charge in [-0.05, 0) is 12.1 Å². The predicted molar refractivity (Wildman–Crippen MR) is 58.3 cm³/mol. The number of anilines is 2. The van der Waals surface area contributed by atoms with Gasteiger partial charge in [-0.2, -0.15) is 0 Å². The molecule has 0 spiro atoms. The van der Waals surface area contributed by atoms with Crippen LogP contribution in [0, 0.1) is 5.92 Å².